The normalized spacial score (nSPS) is 13.9. The zero-order valence-electron chi connectivity index (χ0n) is 14.3. The van der Waals surface area contributed by atoms with Crippen LogP contribution in [0.2, 0.25) is 0 Å². The summed E-state index contributed by atoms with van der Waals surface area (Å²) in [6, 6.07) is 15.1. The second kappa shape index (κ2) is 5.75. The summed E-state index contributed by atoms with van der Waals surface area (Å²) in [5, 5.41) is 0. The highest BCUT2D eigenvalue weighted by Gasteiger charge is 2.36. The van der Waals surface area contributed by atoms with Crippen molar-refractivity contribution in [3.05, 3.63) is 76.4 Å². The summed E-state index contributed by atoms with van der Waals surface area (Å²) >= 11 is 0. The van der Waals surface area contributed by atoms with Gasteiger partial charge in [0.15, 0.2) is 0 Å². The highest BCUT2D eigenvalue weighted by molar-refractivity contribution is 6.35. The van der Waals surface area contributed by atoms with Crippen LogP contribution in [0.1, 0.15) is 47.8 Å². The van der Waals surface area contributed by atoms with Gasteiger partial charge in [-0.05, 0) is 38.8 Å². The molecule has 0 saturated carbocycles. The lowest BCUT2D eigenvalue weighted by molar-refractivity contribution is -0.149. The number of aryl methyl sites for hydroxylation is 1. The molecule has 122 valence electrons. The zero-order valence-corrected chi connectivity index (χ0v) is 14.3. The molecule has 0 radical (unpaired) electrons. The van der Waals surface area contributed by atoms with Crippen molar-refractivity contribution < 1.29 is 14.3 Å². The lowest BCUT2D eigenvalue weighted by Gasteiger charge is -2.20. The van der Waals surface area contributed by atoms with Gasteiger partial charge >= 0.3 is 5.97 Å². The first-order chi connectivity index (χ1) is 11.3. The number of hydrogen-bond donors (Lipinski definition) is 0. The molecule has 2 aromatic rings. The average Bonchev–Trinajstić information content (AvgIpc) is 2.80. The SMILES string of the molecule is Cc1ccc(C2=C(C(=O)OC(C)(C)C)C(=O)c3ccccc32)cc1. The molecule has 3 heteroatoms. The number of carbonyl (C=O) groups is 2. The maximum atomic E-state index is 12.8. The third-order valence-electron chi connectivity index (χ3n) is 3.86. The van der Waals surface area contributed by atoms with E-state index >= 15 is 0 Å². The summed E-state index contributed by atoms with van der Waals surface area (Å²) in [5.74, 6) is -0.838. The Kier molecular flexibility index (Phi) is 3.88. The molecular weight excluding hydrogens is 300 g/mol. The number of ether oxygens (including phenoxy) is 1. The molecule has 0 spiro atoms. The van der Waals surface area contributed by atoms with Gasteiger partial charge in [0.25, 0.3) is 0 Å². The van der Waals surface area contributed by atoms with Gasteiger partial charge in [-0.2, -0.15) is 0 Å². The summed E-state index contributed by atoms with van der Waals surface area (Å²) in [6.45, 7) is 7.39. The summed E-state index contributed by atoms with van der Waals surface area (Å²) < 4.78 is 5.48. The smallest absolute Gasteiger partial charge is 0.343 e. The van der Waals surface area contributed by atoms with E-state index in [1.807, 2.05) is 49.4 Å². The first-order valence-electron chi connectivity index (χ1n) is 7.97. The molecule has 0 amide bonds. The second-order valence-electron chi connectivity index (χ2n) is 6.99. The van der Waals surface area contributed by atoms with Crippen LogP contribution in [-0.2, 0) is 9.53 Å². The molecule has 3 nitrogen and oxygen atoms in total. The first-order valence-corrected chi connectivity index (χ1v) is 7.97. The Hall–Kier alpha value is -2.68. The Labute approximate surface area is 142 Å². The quantitative estimate of drug-likeness (QED) is 0.611. The van der Waals surface area contributed by atoms with E-state index in [9.17, 15) is 9.59 Å². The summed E-state index contributed by atoms with van der Waals surface area (Å²) in [5.41, 5.74) is 3.42. The van der Waals surface area contributed by atoms with Gasteiger partial charge in [0.1, 0.15) is 11.2 Å². The number of hydrogen-bond acceptors (Lipinski definition) is 3. The molecule has 0 unspecified atom stereocenters. The van der Waals surface area contributed by atoms with Crippen LogP contribution in [0.25, 0.3) is 5.57 Å². The van der Waals surface area contributed by atoms with Crippen LogP contribution >= 0.6 is 0 Å². The van der Waals surface area contributed by atoms with E-state index in [0.29, 0.717) is 11.1 Å². The summed E-state index contributed by atoms with van der Waals surface area (Å²) in [6.07, 6.45) is 0. The van der Waals surface area contributed by atoms with Gasteiger partial charge in [-0.15, -0.1) is 0 Å². The van der Waals surface area contributed by atoms with Gasteiger partial charge in [-0.25, -0.2) is 4.79 Å². The van der Waals surface area contributed by atoms with E-state index in [-0.39, 0.29) is 11.4 Å². The molecular formula is C21H20O3. The fraction of sp³-hybridized carbons (Fsp3) is 0.238. The van der Waals surface area contributed by atoms with E-state index in [4.69, 9.17) is 4.74 Å². The number of carbonyl (C=O) groups excluding carboxylic acids is 2. The predicted molar refractivity (Wildman–Crippen MR) is 93.8 cm³/mol. The fourth-order valence-electron chi connectivity index (χ4n) is 2.83. The molecule has 0 aliphatic heterocycles. The highest BCUT2D eigenvalue weighted by Crippen LogP contribution is 2.38. The van der Waals surface area contributed by atoms with E-state index in [1.165, 1.54) is 0 Å². The Bertz CT molecular complexity index is 849. The maximum Gasteiger partial charge on any atom is 0.343 e. The monoisotopic (exact) mass is 320 g/mol. The minimum Gasteiger partial charge on any atom is -0.456 e. The molecule has 2 aromatic carbocycles. The third-order valence-corrected chi connectivity index (χ3v) is 3.86. The van der Waals surface area contributed by atoms with Gasteiger partial charge < -0.3 is 4.74 Å². The van der Waals surface area contributed by atoms with Crippen LogP contribution in [-0.4, -0.2) is 17.4 Å². The van der Waals surface area contributed by atoms with Crippen molar-refractivity contribution in [1.29, 1.82) is 0 Å². The molecule has 1 aliphatic carbocycles. The van der Waals surface area contributed by atoms with Gasteiger partial charge in [-0.1, -0.05) is 54.1 Å². The maximum absolute atomic E-state index is 12.8. The number of fused-ring (bicyclic) bond motifs is 1. The minimum atomic E-state index is -0.655. The summed E-state index contributed by atoms with van der Waals surface area (Å²) in [4.78, 5) is 25.5. The number of ketones is 1. The Balaban J connectivity index is 2.20. The molecule has 24 heavy (non-hydrogen) atoms. The fourth-order valence-corrected chi connectivity index (χ4v) is 2.83. The van der Waals surface area contributed by atoms with Crippen molar-refractivity contribution in [1.82, 2.24) is 0 Å². The number of rotatable bonds is 2. The molecule has 0 heterocycles. The van der Waals surface area contributed by atoms with E-state index in [1.54, 1.807) is 26.8 Å². The van der Waals surface area contributed by atoms with Crippen LogP contribution in [0.3, 0.4) is 0 Å². The Morgan fingerprint density at radius 3 is 2.08 bits per heavy atom. The summed E-state index contributed by atoms with van der Waals surface area (Å²) in [7, 11) is 0. The number of Topliss-reactive ketones (excluding diaryl/α,β-unsaturated/α-hetero) is 1. The van der Waals surface area contributed by atoms with Crippen molar-refractivity contribution in [3.63, 3.8) is 0 Å². The van der Waals surface area contributed by atoms with Crippen molar-refractivity contribution in [2.45, 2.75) is 33.3 Å². The lowest BCUT2D eigenvalue weighted by atomic mass is 9.96. The van der Waals surface area contributed by atoms with E-state index in [0.717, 1.165) is 16.7 Å². The highest BCUT2D eigenvalue weighted by atomic mass is 16.6. The number of esters is 1. The molecule has 3 rings (SSSR count). The van der Waals surface area contributed by atoms with Gasteiger partial charge in [0.05, 0.1) is 0 Å². The van der Waals surface area contributed by atoms with Crippen LogP contribution < -0.4 is 0 Å². The topological polar surface area (TPSA) is 43.4 Å². The van der Waals surface area contributed by atoms with Crippen molar-refractivity contribution >= 4 is 17.3 Å². The van der Waals surface area contributed by atoms with E-state index in [2.05, 4.69) is 0 Å². The largest absolute Gasteiger partial charge is 0.456 e. The van der Waals surface area contributed by atoms with Crippen LogP contribution in [0.5, 0.6) is 0 Å². The Morgan fingerprint density at radius 1 is 0.917 bits per heavy atom. The average molecular weight is 320 g/mol. The van der Waals surface area contributed by atoms with Crippen LogP contribution in [0.15, 0.2) is 54.1 Å². The van der Waals surface area contributed by atoms with Crippen molar-refractivity contribution in [2.24, 2.45) is 0 Å². The second-order valence-corrected chi connectivity index (χ2v) is 6.99. The molecule has 0 bridgehead atoms. The van der Waals surface area contributed by atoms with Gasteiger partial charge in [0, 0.05) is 11.1 Å². The molecule has 0 saturated heterocycles. The molecule has 0 atom stereocenters. The number of benzene rings is 2. The van der Waals surface area contributed by atoms with Gasteiger partial charge in [0.2, 0.25) is 5.78 Å². The van der Waals surface area contributed by atoms with Crippen LogP contribution in [0.4, 0.5) is 0 Å². The molecule has 0 aromatic heterocycles. The third kappa shape index (κ3) is 2.90. The predicted octanol–water partition coefficient (Wildman–Crippen LogP) is 4.33. The van der Waals surface area contributed by atoms with E-state index < -0.39 is 11.6 Å². The zero-order chi connectivity index (χ0) is 17.5. The molecule has 0 N–H and O–H groups in total. The minimum absolute atomic E-state index is 0.120. The van der Waals surface area contributed by atoms with Crippen molar-refractivity contribution in [3.8, 4) is 0 Å². The molecule has 0 fully saturated rings. The van der Waals surface area contributed by atoms with Gasteiger partial charge in [-0.3, -0.25) is 4.79 Å². The standard InChI is InChI=1S/C21H20O3/c1-13-9-11-14(12-10-13)17-15-7-5-6-8-16(15)19(22)18(17)20(23)24-21(2,3)4/h5-12H,1-4H3. The van der Waals surface area contributed by atoms with Crippen molar-refractivity contribution in [2.75, 3.05) is 0 Å². The molecule has 1 aliphatic rings. The Morgan fingerprint density at radius 2 is 1.50 bits per heavy atom. The van der Waals surface area contributed by atoms with Crippen LogP contribution in [0, 0.1) is 6.92 Å². The first kappa shape index (κ1) is 16.2. The lowest BCUT2D eigenvalue weighted by Crippen LogP contribution is -2.26.